The second-order valence-electron chi connectivity index (χ2n) is 8.64. The molecule has 9 heteroatoms. The minimum absolute atomic E-state index is 0. The van der Waals surface area contributed by atoms with Crippen molar-refractivity contribution in [1.82, 2.24) is 9.88 Å². The fourth-order valence-electron chi connectivity index (χ4n) is 4.33. The molecule has 0 saturated carbocycles. The van der Waals surface area contributed by atoms with Crippen LogP contribution in [0.1, 0.15) is 30.9 Å². The van der Waals surface area contributed by atoms with Crippen LogP contribution in [0.3, 0.4) is 0 Å². The van der Waals surface area contributed by atoms with Crippen LogP contribution in [-0.2, 0) is 14.6 Å². The number of hydrogen-bond acceptors (Lipinski definition) is 6. The van der Waals surface area contributed by atoms with Gasteiger partial charge >= 0.3 is 0 Å². The third-order valence-corrected chi connectivity index (χ3v) is 8.49. The number of benzene rings is 3. The highest BCUT2D eigenvalue weighted by atomic mass is 35.5. The minimum Gasteiger partial charge on any atom is -0.302 e. The van der Waals surface area contributed by atoms with Gasteiger partial charge in [-0.25, -0.2) is 13.4 Å². The van der Waals surface area contributed by atoms with E-state index in [-0.39, 0.29) is 23.2 Å². The molecule has 0 fully saturated rings. The number of aromatic nitrogens is 1. The van der Waals surface area contributed by atoms with Gasteiger partial charge in [-0.05, 0) is 36.3 Å². The summed E-state index contributed by atoms with van der Waals surface area (Å²) in [6.45, 7) is 7.08. The molecule has 0 aliphatic rings. The number of nitrogens with zero attached hydrogens (tertiary/aromatic N) is 3. The largest absolute Gasteiger partial charge is 0.302 e. The summed E-state index contributed by atoms with van der Waals surface area (Å²) in [6.07, 6.45) is 1.19. The smallest absolute Gasteiger partial charge is 0.240 e. The molecule has 0 unspecified atom stereocenters. The number of fused-ring (bicyclic) bond motifs is 1. The van der Waals surface area contributed by atoms with Crippen LogP contribution in [0, 0.1) is 0 Å². The number of sulfone groups is 1. The van der Waals surface area contributed by atoms with Crippen molar-refractivity contribution >= 4 is 54.8 Å². The Labute approximate surface area is 229 Å². The van der Waals surface area contributed by atoms with Crippen LogP contribution < -0.4 is 4.90 Å². The molecule has 4 aromatic rings. The van der Waals surface area contributed by atoms with Crippen molar-refractivity contribution < 1.29 is 13.2 Å². The lowest BCUT2D eigenvalue weighted by Crippen LogP contribution is -2.41. The molecular formula is C28H32ClN3O3S2. The average Bonchev–Trinajstić information content (AvgIpc) is 3.31. The second kappa shape index (κ2) is 12.6. The van der Waals surface area contributed by atoms with E-state index in [0.29, 0.717) is 23.7 Å². The van der Waals surface area contributed by atoms with Crippen LogP contribution >= 0.6 is 23.7 Å². The summed E-state index contributed by atoms with van der Waals surface area (Å²) in [5.41, 5.74) is 2.22. The molecule has 0 N–H and O–H groups in total. The highest BCUT2D eigenvalue weighted by Gasteiger charge is 2.31. The van der Waals surface area contributed by atoms with Gasteiger partial charge in [-0.2, -0.15) is 0 Å². The van der Waals surface area contributed by atoms with Crippen molar-refractivity contribution in [2.45, 2.75) is 24.7 Å². The van der Waals surface area contributed by atoms with E-state index in [1.165, 1.54) is 17.6 Å². The summed E-state index contributed by atoms with van der Waals surface area (Å²) in [6, 6.07) is 24.7. The SMILES string of the molecule is CCN(CC)CCN(C(=O)C(c1ccccc1)c1ccccc1)c1nc2c(S(C)(=O)=O)cccc2s1.Cl. The lowest BCUT2D eigenvalue weighted by molar-refractivity contribution is -0.119. The van der Waals surface area contributed by atoms with Gasteiger partial charge in [0.05, 0.1) is 15.5 Å². The van der Waals surface area contributed by atoms with Gasteiger partial charge in [0.1, 0.15) is 5.52 Å². The fraction of sp³-hybridized carbons (Fsp3) is 0.286. The quantitative estimate of drug-likeness (QED) is 0.253. The third kappa shape index (κ3) is 6.57. The number of anilines is 1. The van der Waals surface area contributed by atoms with E-state index in [2.05, 4.69) is 18.7 Å². The molecule has 6 nitrogen and oxygen atoms in total. The van der Waals surface area contributed by atoms with Gasteiger partial charge < -0.3 is 4.90 Å². The molecule has 0 atom stereocenters. The molecule has 0 radical (unpaired) electrons. The molecule has 0 spiro atoms. The summed E-state index contributed by atoms with van der Waals surface area (Å²) in [4.78, 5) is 23.3. The average molecular weight is 558 g/mol. The summed E-state index contributed by atoms with van der Waals surface area (Å²) in [5.74, 6) is -0.593. The minimum atomic E-state index is -3.47. The molecule has 37 heavy (non-hydrogen) atoms. The van der Waals surface area contributed by atoms with E-state index in [4.69, 9.17) is 4.98 Å². The van der Waals surface area contributed by atoms with Crippen LogP contribution in [0.5, 0.6) is 0 Å². The zero-order valence-corrected chi connectivity index (χ0v) is 23.7. The maximum absolute atomic E-state index is 14.3. The molecule has 1 aromatic heterocycles. The number of likely N-dealkylation sites (N-methyl/N-ethyl adjacent to an activating group) is 1. The Morgan fingerprint density at radius 3 is 1.95 bits per heavy atom. The summed E-state index contributed by atoms with van der Waals surface area (Å²) < 4.78 is 25.6. The highest BCUT2D eigenvalue weighted by molar-refractivity contribution is 7.91. The first kappa shape index (κ1) is 28.8. The van der Waals surface area contributed by atoms with Crippen molar-refractivity contribution in [2.75, 3.05) is 37.3 Å². The number of para-hydroxylation sites is 1. The van der Waals surface area contributed by atoms with Gasteiger partial charge in [0.25, 0.3) is 0 Å². The fourth-order valence-corrected chi connectivity index (χ4v) is 6.25. The van der Waals surface area contributed by atoms with E-state index >= 15 is 0 Å². The predicted molar refractivity (Wildman–Crippen MR) is 155 cm³/mol. The first-order valence-electron chi connectivity index (χ1n) is 12.1. The van der Waals surface area contributed by atoms with Gasteiger partial charge in [0, 0.05) is 19.3 Å². The first-order chi connectivity index (χ1) is 17.3. The summed E-state index contributed by atoms with van der Waals surface area (Å²) in [7, 11) is -3.47. The van der Waals surface area contributed by atoms with E-state index in [1.54, 1.807) is 17.0 Å². The van der Waals surface area contributed by atoms with Crippen LogP contribution in [-0.4, -0.2) is 56.6 Å². The van der Waals surface area contributed by atoms with Crippen molar-refractivity contribution in [2.24, 2.45) is 0 Å². The van der Waals surface area contributed by atoms with E-state index in [1.807, 2.05) is 66.7 Å². The number of amides is 1. The maximum Gasteiger partial charge on any atom is 0.240 e. The topological polar surface area (TPSA) is 70.6 Å². The van der Waals surface area contributed by atoms with Crippen molar-refractivity contribution in [3.05, 3.63) is 90.0 Å². The van der Waals surface area contributed by atoms with Crippen LogP contribution in [0.15, 0.2) is 83.8 Å². The molecular weight excluding hydrogens is 526 g/mol. The molecule has 0 aliphatic heterocycles. The summed E-state index contributed by atoms with van der Waals surface area (Å²) in [5, 5.41) is 0.509. The standard InChI is InChI=1S/C28H31N3O3S2.ClH/c1-4-30(5-2)19-20-31(28-29-26-23(35-28)17-12-18-24(26)36(3,33)34)27(32)25(21-13-8-6-9-14-21)22-15-10-7-11-16-22;/h6-18,25H,4-5,19-20H2,1-3H3;1H. The molecule has 4 rings (SSSR count). The maximum atomic E-state index is 14.3. The van der Waals surface area contributed by atoms with Crippen molar-refractivity contribution in [3.8, 4) is 0 Å². The van der Waals surface area contributed by atoms with E-state index < -0.39 is 15.8 Å². The molecule has 1 amide bonds. The lowest BCUT2D eigenvalue weighted by atomic mass is 9.90. The molecule has 196 valence electrons. The molecule has 3 aromatic carbocycles. The Morgan fingerprint density at radius 2 is 1.43 bits per heavy atom. The number of rotatable bonds is 10. The highest BCUT2D eigenvalue weighted by Crippen LogP contribution is 2.35. The first-order valence-corrected chi connectivity index (χ1v) is 14.8. The predicted octanol–water partition coefficient (Wildman–Crippen LogP) is 5.63. The number of thiazole rings is 1. The van der Waals surface area contributed by atoms with E-state index in [9.17, 15) is 13.2 Å². The van der Waals surface area contributed by atoms with Gasteiger partial charge in [0.15, 0.2) is 15.0 Å². The van der Waals surface area contributed by atoms with Crippen LogP contribution in [0.4, 0.5) is 5.13 Å². The van der Waals surface area contributed by atoms with Crippen LogP contribution in [0.25, 0.3) is 10.2 Å². The molecule has 0 aliphatic carbocycles. The number of halogens is 1. The van der Waals surface area contributed by atoms with Gasteiger partial charge in [0.2, 0.25) is 5.91 Å². The van der Waals surface area contributed by atoms with Gasteiger partial charge in [-0.3, -0.25) is 9.69 Å². The van der Waals surface area contributed by atoms with Crippen molar-refractivity contribution in [3.63, 3.8) is 0 Å². The number of carbonyl (C=O) groups is 1. The third-order valence-electron chi connectivity index (χ3n) is 6.31. The van der Waals surface area contributed by atoms with E-state index in [0.717, 1.165) is 28.9 Å². The number of hydrogen-bond donors (Lipinski definition) is 0. The zero-order chi connectivity index (χ0) is 25.7. The molecule has 0 saturated heterocycles. The van der Waals surface area contributed by atoms with Gasteiger partial charge in [-0.15, -0.1) is 12.4 Å². The Hall–Kier alpha value is -2.78. The monoisotopic (exact) mass is 557 g/mol. The molecule has 0 bridgehead atoms. The Balaban J connectivity index is 0.00000380. The number of carbonyl (C=O) groups excluding carboxylic acids is 1. The Kier molecular flexibility index (Phi) is 9.84. The zero-order valence-electron chi connectivity index (χ0n) is 21.2. The summed E-state index contributed by atoms with van der Waals surface area (Å²) >= 11 is 1.35. The van der Waals surface area contributed by atoms with Crippen LogP contribution in [0.2, 0.25) is 0 Å². The lowest BCUT2D eigenvalue weighted by Gasteiger charge is -2.28. The second-order valence-corrected chi connectivity index (χ2v) is 11.6. The molecule has 1 heterocycles. The van der Waals surface area contributed by atoms with Gasteiger partial charge in [-0.1, -0.05) is 91.9 Å². The normalized spacial score (nSPS) is 11.6. The van der Waals surface area contributed by atoms with Crippen molar-refractivity contribution in [1.29, 1.82) is 0 Å². The Bertz CT molecular complexity index is 1380. The Morgan fingerprint density at radius 1 is 0.865 bits per heavy atom.